The van der Waals surface area contributed by atoms with E-state index in [2.05, 4.69) is 12.2 Å². The first-order valence-corrected chi connectivity index (χ1v) is 5.69. The second-order valence-electron chi connectivity index (χ2n) is 5.08. The molecule has 1 N–H and O–H groups in total. The van der Waals surface area contributed by atoms with Crippen LogP contribution in [0.1, 0.15) is 33.6 Å². The van der Waals surface area contributed by atoms with Crippen molar-refractivity contribution in [3.63, 3.8) is 0 Å². The van der Waals surface area contributed by atoms with E-state index in [1.165, 1.54) is 0 Å². The van der Waals surface area contributed by atoms with Crippen LogP contribution in [0, 0.1) is 0 Å². The van der Waals surface area contributed by atoms with Gasteiger partial charge in [-0.15, -0.1) is 0 Å². The van der Waals surface area contributed by atoms with Crippen molar-refractivity contribution in [2.75, 3.05) is 19.7 Å². The summed E-state index contributed by atoms with van der Waals surface area (Å²) in [5, 5.41) is 3.33. The molecular formula is C11H21NO3. The van der Waals surface area contributed by atoms with Crippen LogP contribution >= 0.6 is 0 Å². The Morgan fingerprint density at radius 2 is 1.87 bits per heavy atom. The predicted molar refractivity (Wildman–Crippen MR) is 56.5 cm³/mol. The lowest BCUT2D eigenvalue weighted by Gasteiger charge is -2.35. The van der Waals surface area contributed by atoms with Gasteiger partial charge in [-0.1, -0.05) is 0 Å². The molecule has 2 saturated heterocycles. The van der Waals surface area contributed by atoms with Crippen LogP contribution in [-0.2, 0) is 14.2 Å². The summed E-state index contributed by atoms with van der Waals surface area (Å²) in [4.78, 5) is 0. The van der Waals surface area contributed by atoms with Crippen LogP contribution in [0.3, 0.4) is 0 Å². The van der Waals surface area contributed by atoms with E-state index in [0.29, 0.717) is 6.61 Å². The Bertz CT molecular complexity index is 224. The molecule has 0 bridgehead atoms. The Hall–Kier alpha value is -0.160. The van der Waals surface area contributed by atoms with Crippen molar-refractivity contribution in [3.8, 4) is 0 Å². The zero-order valence-corrected chi connectivity index (χ0v) is 9.84. The molecule has 0 aliphatic carbocycles. The molecule has 2 heterocycles. The molecule has 0 aromatic heterocycles. The molecule has 88 valence electrons. The Morgan fingerprint density at radius 3 is 2.40 bits per heavy atom. The molecule has 1 unspecified atom stereocenters. The smallest absolute Gasteiger partial charge is 0.184 e. The van der Waals surface area contributed by atoms with Crippen LogP contribution in [0.2, 0.25) is 0 Å². The SMILES string of the molecule is CC1(OC2COC(C)(C)O2)CCNCC1. The number of ether oxygens (including phenoxy) is 3. The highest BCUT2D eigenvalue weighted by atomic mass is 16.8. The van der Waals surface area contributed by atoms with Crippen molar-refractivity contribution in [1.29, 1.82) is 0 Å². The van der Waals surface area contributed by atoms with E-state index in [1.807, 2.05) is 13.8 Å². The van der Waals surface area contributed by atoms with Gasteiger partial charge in [0.05, 0.1) is 5.60 Å². The first-order valence-electron chi connectivity index (χ1n) is 5.69. The Labute approximate surface area is 91.3 Å². The molecule has 0 spiro atoms. The van der Waals surface area contributed by atoms with Gasteiger partial charge in [0.2, 0.25) is 0 Å². The highest BCUT2D eigenvalue weighted by molar-refractivity contribution is 4.83. The summed E-state index contributed by atoms with van der Waals surface area (Å²) in [6.45, 7) is 8.57. The van der Waals surface area contributed by atoms with Gasteiger partial charge in [-0.25, -0.2) is 0 Å². The average Bonchev–Trinajstić information content (AvgIpc) is 2.45. The van der Waals surface area contributed by atoms with Crippen LogP contribution in [0.4, 0.5) is 0 Å². The molecule has 4 nitrogen and oxygen atoms in total. The summed E-state index contributed by atoms with van der Waals surface area (Å²) in [5.74, 6) is -0.492. The molecule has 15 heavy (non-hydrogen) atoms. The summed E-state index contributed by atoms with van der Waals surface area (Å²) in [7, 11) is 0. The maximum atomic E-state index is 5.99. The fourth-order valence-corrected chi connectivity index (χ4v) is 2.10. The predicted octanol–water partition coefficient (Wildman–Crippen LogP) is 1.25. The molecule has 1 atom stereocenters. The van der Waals surface area contributed by atoms with Crippen molar-refractivity contribution in [2.24, 2.45) is 0 Å². The average molecular weight is 215 g/mol. The molecule has 2 aliphatic rings. The molecule has 0 saturated carbocycles. The van der Waals surface area contributed by atoms with E-state index < -0.39 is 5.79 Å². The molecule has 2 aliphatic heterocycles. The Morgan fingerprint density at radius 1 is 1.20 bits per heavy atom. The fourth-order valence-electron chi connectivity index (χ4n) is 2.10. The molecule has 0 aromatic rings. The molecule has 0 aromatic carbocycles. The van der Waals surface area contributed by atoms with Gasteiger partial charge in [0, 0.05) is 0 Å². The van der Waals surface area contributed by atoms with Crippen molar-refractivity contribution < 1.29 is 14.2 Å². The third-order valence-corrected chi connectivity index (χ3v) is 3.06. The number of hydrogen-bond acceptors (Lipinski definition) is 4. The van der Waals surface area contributed by atoms with Crippen molar-refractivity contribution >= 4 is 0 Å². The quantitative estimate of drug-likeness (QED) is 0.752. The summed E-state index contributed by atoms with van der Waals surface area (Å²) >= 11 is 0. The van der Waals surface area contributed by atoms with Crippen LogP contribution in [0.25, 0.3) is 0 Å². The lowest BCUT2D eigenvalue weighted by molar-refractivity contribution is -0.229. The molecule has 0 amide bonds. The van der Waals surface area contributed by atoms with Crippen molar-refractivity contribution in [1.82, 2.24) is 5.32 Å². The molecular weight excluding hydrogens is 194 g/mol. The number of hydrogen-bond donors (Lipinski definition) is 1. The van der Waals surface area contributed by atoms with E-state index in [4.69, 9.17) is 14.2 Å². The second kappa shape index (κ2) is 4.01. The zero-order valence-electron chi connectivity index (χ0n) is 9.84. The largest absolute Gasteiger partial charge is 0.345 e. The highest BCUT2D eigenvalue weighted by Gasteiger charge is 2.38. The van der Waals surface area contributed by atoms with Crippen LogP contribution in [-0.4, -0.2) is 37.4 Å². The van der Waals surface area contributed by atoms with Gasteiger partial charge in [0.15, 0.2) is 12.1 Å². The maximum absolute atomic E-state index is 5.99. The van der Waals surface area contributed by atoms with Gasteiger partial charge < -0.3 is 19.5 Å². The number of piperidine rings is 1. The number of nitrogens with one attached hydrogen (secondary N) is 1. The monoisotopic (exact) mass is 215 g/mol. The fraction of sp³-hybridized carbons (Fsp3) is 1.00. The van der Waals surface area contributed by atoms with E-state index in [0.717, 1.165) is 25.9 Å². The standard InChI is InChI=1S/C11H21NO3/c1-10(2)13-8-9(14-10)15-11(3)4-6-12-7-5-11/h9,12H,4-8H2,1-3H3. The molecule has 2 fully saturated rings. The first kappa shape index (κ1) is 11.3. The molecule has 0 radical (unpaired) electrons. The normalized spacial score (nSPS) is 34.2. The third kappa shape index (κ3) is 2.91. The van der Waals surface area contributed by atoms with E-state index >= 15 is 0 Å². The minimum Gasteiger partial charge on any atom is -0.345 e. The maximum Gasteiger partial charge on any atom is 0.184 e. The van der Waals surface area contributed by atoms with Gasteiger partial charge >= 0.3 is 0 Å². The lowest BCUT2D eigenvalue weighted by atomic mass is 9.94. The minimum atomic E-state index is -0.492. The van der Waals surface area contributed by atoms with E-state index in [1.54, 1.807) is 0 Å². The lowest BCUT2D eigenvalue weighted by Crippen LogP contribution is -2.44. The highest BCUT2D eigenvalue weighted by Crippen LogP contribution is 2.30. The van der Waals surface area contributed by atoms with Crippen LogP contribution in [0.5, 0.6) is 0 Å². The summed E-state index contributed by atoms with van der Waals surface area (Å²) in [6, 6.07) is 0. The molecule has 4 heteroatoms. The van der Waals surface area contributed by atoms with Gasteiger partial charge in [-0.3, -0.25) is 0 Å². The first-order chi connectivity index (χ1) is 6.99. The van der Waals surface area contributed by atoms with Crippen molar-refractivity contribution in [2.45, 2.75) is 51.3 Å². The zero-order chi connectivity index (χ0) is 10.9. The van der Waals surface area contributed by atoms with Crippen LogP contribution < -0.4 is 5.32 Å². The summed E-state index contributed by atoms with van der Waals surface area (Å²) in [6.07, 6.45) is 1.86. The van der Waals surface area contributed by atoms with Crippen LogP contribution in [0.15, 0.2) is 0 Å². The van der Waals surface area contributed by atoms with Gasteiger partial charge in [-0.2, -0.15) is 0 Å². The van der Waals surface area contributed by atoms with Crippen molar-refractivity contribution in [3.05, 3.63) is 0 Å². The molecule has 2 rings (SSSR count). The Balaban J connectivity index is 1.86. The van der Waals surface area contributed by atoms with Gasteiger partial charge in [0.1, 0.15) is 6.61 Å². The Kier molecular flexibility index (Phi) is 3.03. The topological polar surface area (TPSA) is 39.7 Å². The van der Waals surface area contributed by atoms with E-state index in [-0.39, 0.29) is 11.9 Å². The van der Waals surface area contributed by atoms with Gasteiger partial charge in [0.25, 0.3) is 0 Å². The summed E-state index contributed by atoms with van der Waals surface area (Å²) in [5.41, 5.74) is -0.0559. The minimum absolute atomic E-state index is 0.0559. The third-order valence-electron chi connectivity index (χ3n) is 3.06. The van der Waals surface area contributed by atoms with Gasteiger partial charge in [-0.05, 0) is 46.7 Å². The second-order valence-corrected chi connectivity index (χ2v) is 5.08. The summed E-state index contributed by atoms with van der Waals surface area (Å²) < 4.78 is 17.1. The number of rotatable bonds is 2. The van der Waals surface area contributed by atoms with E-state index in [9.17, 15) is 0 Å².